The zero-order valence-corrected chi connectivity index (χ0v) is 14.0. The van der Waals surface area contributed by atoms with Crippen LogP contribution in [0.15, 0.2) is 24.3 Å². The standard InChI is InChI=1S/C19H24N2O2/c1-3-17(22)19-15(13-18(23)21-11-7-4-8-12-21)14-9-5-6-10-16(14)20(19)2/h5-6,9-10H,3-4,7-8,11-13H2,1-2H3. The van der Waals surface area contributed by atoms with Gasteiger partial charge < -0.3 is 9.47 Å². The molecule has 0 radical (unpaired) electrons. The van der Waals surface area contributed by atoms with Crippen LogP contribution in [0.25, 0.3) is 10.9 Å². The lowest BCUT2D eigenvalue weighted by Gasteiger charge is -2.26. The highest BCUT2D eigenvalue weighted by Crippen LogP contribution is 2.27. The molecule has 2 aromatic rings. The maximum Gasteiger partial charge on any atom is 0.227 e. The van der Waals surface area contributed by atoms with Gasteiger partial charge in [-0.25, -0.2) is 0 Å². The van der Waals surface area contributed by atoms with Crippen LogP contribution in [0.2, 0.25) is 0 Å². The molecule has 0 saturated carbocycles. The number of para-hydroxylation sites is 1. The van der Waals surface area contributed by atoms with E-state index in [0.717, 1.165) is 42.4 Å². The molecule has 2 heterocycles. The van der Waals surface area contributed by atoms with E-state index < -0.39 is 0 Å². The zero-order valence-electron chi connectivity index (χ0n) is 14.0. The molecular formula is C19H24N2O2. The highest BCUT2D eigenvalue weighted by atomic mass is 16.2. The molecule has 0 unspecified atom stereocenters. The van der Waals surface area contributed by atoms with Gasteiger partial charge in [0.1, 0.15) is 0 Å². The molecule has 1 aromatic carbocycles. The third kappa shape index (κ3) is 2.90. The van der Waals surface area contributed by atoms with Crippen molar-refractivity contribution in [1.29, 1.82) is 0 Å². The number of benzene rings is 1. The van der Waals surface area contributed by atoms with Crippen LogP contribution in [0, 0.1) is 0 Å². The fraction of sp³-hybridized carbons (Fsp3) is 0.474. The van der Waals surface area contributed by atoms with Crippen molar-refractivity contribution in [3.05, 3.63) is 35.5 Å². The molecule has 1 aliphatic heterocycles. The first-order valence-electron chi connectivity index (χ1n) is 8.50. The molecule has 1 saturated heterocycles. The molecule has 0 N–H and O–H groups in total. The summed E-state index contributed by atoms with van der Waals surface area (Å²) < 4.78 is 1.94. The Balaban J connectivity index is 2.01. The number of carbonyl (C=O) groups excluding carboxylic acids is 2. The number of amides is 1. The van der Waals surface area contributed by atoms with Gasteiger partial charge in [-0.1, -0.05) is 25.1 Å². The van der Waals surface area contributed by atoms with E-state index >= 15 is 0 Å². The van der Waals surface area contributed by atoms with Crippen molar-refractivity contribution in [3.8, 4) is 0 Å². The van der Waals surface area contributed by atoms with Crippen LogP contribution in [0.4, 0.5) is 0 Å². The quantitative estimate of drug-likeness (QED) is 0.813. The summed E-state index contributed by atoms with van der Waals surface area (Å²) >= 11 is 0. The molecule has 0 bridgehead atoms. The van der Waals surface area contributed by atoms with Crippen molar-refractivity contribution in [1.82, 2.24) is 9.47 Å². The molecule has 4 nitrogen and oxygen atoms in total. The third-order valence-corrected chi connectivity index (χ3v) is 4.83. The number of fused-ring (bicyclic) bond motifs is 1. The number of hydrogen-bond donors (Lipinski definition) is 0. The molecule has 1 fully saturated rings. The van der Waals surface area contributed by atoms with Crippen molar-refractivity contribution < 1.29 is 9.59 Å². The Morgan fingerprint density at radius 1 is 1.09 bits per heavy atom. The Labute approximate surface area is 137 Å². The van der Waals surface area contributed by atoms with Crippen molar-refractivity contribution in [2.24, 2.45) is 7.05 Å². The highest BCUT2D eigenvalue weighted by molar-refractivity contribution is 6.04. The second-order valence-corrected chi connectivity index (χ2v) is 6.30. The van der Waals surface area contributed by atoms with Crippen LogP contribution in [-0.2, 0) is 18.3 Å². The average Bonchev–Trinajstić information content (AvgIpc) is 2.87. The Kier molecular flexibility index (Phi) is 4.51. The van der Waals surface area contributed by atoms with E-state index in [-0.39, 0.29) is 11.7 Å². The van der Waals surface area contributed by atoms with Crippen molar-refractivity contribution in [2.45, 2.75) is 39.0 Å². The second-order valence-electron chi connectivity index (χ2n) is 6.30. The minimum absolute atomic E-state index is 0.102. The van der Waals surface area contributed by atoms with E-state index in [4.69, 9.17) is 0 Å². The van der Waals surface area contributed by atoms with E-state index in [1.54, 1.807) is 0 Å². The molecular weight excluding hydrogens is 288 g/mol. The summed E-state index contributed by atoms with van der Waals surface area (Å²) in [5.74, 6) is 0.247. The predicted octanol–water partition coefficient (Wildman–Crippen LogP) is 3.33. The normalized spacial score (nSPS) is 15.1. The molecule has 0 aliphatic carbocycles. The first-order chi connectivity index (χ1) is 11.1. The van der Waals surface area contributed by atoms with Gasteiger partial charge in [-0.05, 0) is 30.9 Å². The summed E-state index contributed by atoms with van der Waals surface area (Å²) in [5, 5.41) is 1.03. The van der Waals surface area contributed by atoms with Gasteiger partial charge in [-0.3, -0.25) is 9.59 Å². The highest BCUT2D eigenvalue weighted by Gasteiger charge is 2.24. The SMILES string of the molecule is CCC(=O)c1c(CC(=O)N2CCCCC2)c2ccccc2n1C. The molecule has 0 atom stereocenters. The van der Waals surface area contributed by atoms with Gasteiger partial charge >= 0.3 is 0 Å². The summed E-state index contributed by atoms with van der Waals surface area (Å²) in [4.78, 5) is 27.1. The number of hydrogen-bond acceptors (Lipinski definition) is 2. The maximum atomic E-state index is 12.7. The number of nitrogens with zero attached hydrogens (tertiary/aromatic N) is 2. The largest absolute Gasteiger partial charge is 0.342 e. The summed E-state index contributed by atoms with van der Waals surface area (Å²) in [6.45, 7) is 3.57. The van der Waals surface area contributed by atoms with Gasteiger partial charge in [0.05, 0.1) is 12.1 Å². The Morgan fingerprint density at radius 3 is 2.48 bits per heavy atom. The number of carbonyl (C=O) groups is 2. The molecule has 1 aromatic heterocycles. The van der Waals surface area contributed by atoms with E-state index in [1.165, 1.54) is 6.42 Å². The van der Waals surface area contributed by atoms with E-state index in [9.17, 15) is 9.59 Å². The fourth-order valence-corrected chi connectivity index (χ4v) is 3.58. The first kappa shape index (κ1) is 15.8. The van der Waals surface area contributed by atoms with Crippen molar-refractivity contribution >= 4 is 22.6 Å². The lowest BCUT2D eigenvalue weighted by atomic mass is 10.0. The number of aromatic nitrogens is 1. The van der Waals surface area contributed by atoms with E-state index in [2.05, 4.69) is 0 Å². The Hall–Kier alpha value is -2.10. The third-order valence-electron chi connectivity index (χ3n) is 4.83. The van der Waals surface area contributed by atoms with Gasteiger partial charge in [-0.2, -0.15) is 0 Å². The van der Waals surface area contributed by atoms with Gasteiger partial charge in [-0.15, -0.1) is 0 Å². The molecule has 23 heavy (non-hydrogen) atoms. The predicted molar refractivity (Wildman–Crippen MR) is 91.7 cm³/mol. The summed E-state index contributed by atoms with van der Waals surface area (Å²) in [7, 11) is 1.92. The Morgan fingerprint density at radius 2 is 1.78 bits per heavy atom. The van der Waals surface area contributed by atoms with Gasteiger partial charge in [0.2, 0.25) is 5.91 Å². The Bertz CT molecular complexity index is 739. The van der Waals surface area contributed by atoms with Crippen LogP contribution in [0.5, 0.6) is 0 Å². The van der Waals surface area contributed by atoms with Crippen LogP contribution >= 0.6 is 0 Å². The van der Waals surface area contributed by atoms with Gasteiger partial charge in [0, 0.05) is 37.5 Å². The average molecular weight is 312 g/mol. The topological polar surface area (TPSA) is 42.3 Å². The first-order valence-corrected chi connectivity index (χ1v) is 8.50. The number of ketones is 1. The van der Waals surface area contributed by atoms with Gasteiger partial charge in [0.25, 0.3) is 0 Å². The van der Waals surface area contributed by atoms with Crippen LogP contribution in [-0.4, -0.2) is 34.2 Å². The number of Topliss-reactive ketones (excluding diaryl/α,β-unsaturated/α-hetero) is 1. The van der Waals surface area contributed by atoms with Crippen LogP contribution in [0.3, 0.4) is 0 Å². The molecule has 1 amide bonds. The smallest absolute Gasteiger partial charge is 0.227 e. The van der Waals surface area contributed by atoms with E-state index in [1.807, 2.05) is 47.7 Å². The number of aryl methyl sites for hydroxylation is 1. The van der Waals surface area contributed by atoms with Gasteiger partial charge in [0.15, 0.2) is 5.78 Å². The summed E-state index contributed by atoms with van der Waals surface area (Å²) in [5.41, 5.74) is 2.61. The number of rotatable bonds is 4. The summed E-state index contributed by atoms with van der Waals surface area (Å²) in [6, 6.07) is 7.97. The van der Waals surface area contributed by atoms with Crippen LogP contribution < -0.4 is 0 Å². The zero-order chi connectivity index (χ0) is 16.4. The maximum absolute atomic E-state index is 12.7. The van der Waals surface area contributed by atoms with Crippen molar-refractivity contribution in [2.75, 3.05) is 13.1 Å². The fourth-order valence-electron chi connectivity index (χ4n) is 3.58. The van der Waals surface area contributed by atoms with Crippen LogP contribution in [0.1, 0.15) is 48.7 Å². The van der Waals surface area contributed by atoms with E-state index in [0.29, 0.717) is 18.5 Å². The van der Waals surface area contributed by atoms with Crippen molar-refractivity contribution in [3.63, 3.8) is 0 Å². The molecule has 3 rings (SSSR count). The second kappa shape index (κ2) is 6.57. The number of piperidine rings is 1. The minimum atomic E-state index is 0.102. The number of likely N-dealkylation sites (tertiary alicyclic amines) is 1. The molecule has 122 valence electrons. The minimum Gasteiger partial charge on any atom is -0.342 e. The lowest BCUT2D eigenvalue weighted by molar-refractivity contribution is -0.131. The molecule has 1 aliphatic rings. The summed E-state index contributed by atoms with van der Waals surface area (Å²) in [6.07, 6.45) is 4.15. The molecule has 4 heteroatoms. The molecule has 0 spiro atoms. The monoisotopic (exact) mass is 312 g/mol. The lowest BCUT2D eigenvalue weighted by Crippen LogP contribution is -2.36.